The van der Waals surface area contributed by atoms with Crippen LogP contribution in [-0.4, -0.2) is 95.6 Å². The largest absolute Gasteiger partial charge is 0.382 e. The minimum atomic E-state index is -0.109. The molecule has 6 rings (SSSR count). The Morgan fingerprint density at radius 2 is 1.77 bits per heavy atom. The van der Waals surface area contributed by atoms with Crippen LogP contribution >= 0.6 is 0 Å². The summed E-state index contributed by atoms with van der Waals surface area (Å²) in [5, 5.41) is 6.52. The molecule has 0 unspecified atom stereocenters. The lowest BCUT2D eigenvalue weighted by Gasteiger charge is -2.42. The molecule has 10 nitrogen and oxygen atoms in total. The molecule has 2 aliphatic heterocycles. The first-order valence-electron chi connectivity index (χ1n) is 15.8. The molecule has 0 spiro atoms. The second-order valence-electron chi connectivity index (χ2n) is 12.4. The molecule has 0 radical (unpaired) electrons. The molecule has 2 saturated heterocycles. The van der Waals surface area contributed by atoms with E-state index in [2.05, 4.69) is 75.1 Å². The van der Waals surface area contributed by atoms with Crippen molar-refractivity contribution >= 4 is 34.3 Å². The van der Waals surface area contributed by atoms with Crippen molar-refractivity contribution < 1.29 is 4.79 Å². The van der Waals surface area contributed by atoms with E-state index in [9.17, 15) is 4.79 Å². The fraction of sp³-hybridized carbons (Fsp3) is 0.515. The number of hydrogen-bond donors (Lipinski definition) is 3. The lowest BCUT2D eigenvalue weighted by molar-refractivity contribution is -0.117. The Labute approximate surface area is 254 Å². The molecule has 4 heterocycles. The summed E-state index contributed by atoms with van der Waals surface area (Å²) >= 11 is 0. The van der Waals surface area contributed by atoms with E-state index < -0.39 is 0 Å². The molecule has 10 heteroatoms. The van der Waals surface area contributed by atoms with Gasteiger partial charge in [0.05, 0.1) is 5.69 Å². The lowest BCUT2D eigenvalue weighted by atomic mass is 9.80. The number of carbonyl (C=O) groups is 1. The average molecular weight is 584 g/mol. The zero-order valence-electron chi connectivity index (χ0n) is 25.6. The highest BCUT2D eigenvalue weighted by Crippen LogP contribution is 2.33. The third-order valence-corrected chi connectivity index (χ3v) is 9.52. The Morgan fingerprint density at radius 3 is 2.44 bits per heavy atom. The number of piperidine rings is 1. The van der Waals surface area contributed by atoms with Crippen molar-refractivity contribution in [1.82, 2.24) is 30.1 Å². The van der Waals surface area contributed by atoms with Gasteiger partial charge in [0, 0.05) is 75.3 Å². The van der Waals surface area contributed by atoms with Crippen molar-refractivity contribution in [3.05, 3.63) is 48.8 Å². The Balaban J connectivity index is 1.14. The van der Waals surface area contributed by atoms with Crippen LogP contribution in [0.15, 0.2) is 43.1 Å². The van der Waals surface area contributed by atoms with Crippen LogP contribution in [0.25, 0.3) is 22.2 Å². The zero-order chi connectivity index (χ0) is 29.9. The number of likely N-dealkylation sites (N-methyl/N-ethyl adjacent to an activating group) is 1. The van der Waals surface area contributed by atoms with Gasteiger partial charge in [0.1, 0.15) is 16.9 Å². The number of piperazine rings is 1. The van der Waals surface area contributed by atoms with Crippen LogP contribution in [0.4, 0.5) is 17.3 Å². The molecule has 3 aliphatic rings. The molecular weight excluding hydrogens is 538 g/mol. The maximum atomic E-state index is 11.6. The smallest absolute Gasteiger partial charge is 0.243 e. The first kappa shape index (κ1) is 29.3. The molecule has 4 N–H and O–H groups in total. The average Bonchev–Trinajstić information content (AvgIpc) is 3.02. The maximum absolute atomic E-state index is 11.6. The third-order valence-electron chi connectivity index (χ3n) is 9.52. The van der Waals surface area contributed by atoms with Crippen molar-refractivity contribution in [3.63, 3.8) is 0 Å². The number of nitrogens with one attached hydrogen (secondary N) is 2. The van der Waals surface area contributed by atoms with Gasteiger partial charge in [-0.05, 0) is 68.8 Å². The fourth-order valence-corrected chi connectivity index (χ4v) is 6.74. The zero-order valence-corrected chi connectivity index (χ0v) is 25.6. The molecule has 1 amide bonds. The molecular formula is C33H45N9O. The SMILES string of the molecule is C=CC(=O)NC1CC(CNc2nc3c(-c4ccc(N5CCC(N6CCN(C)CC6)CC5)cc4)cnc(N)c3nc2CC)C1. The predicted molar refractivity (Wildman–Crippen MR) is 174 cm³/mol. The normalized spacial score (nSPS) is 21.9. The quantitative estimate of drug-likeness (QED) is 0.325. The van der Waals surface area contributed by atoms with Crippen molar-refractivity contribution in [3.8, 4) is 11.1 Å². The molecule has 0 bridgehead atoms. The number of anilines is 3. The number of carbonyl (C=O) groups excluding carboxylic acids is 1. The molecule has 3 fully saturated rings. The number of aromatic nitrogens is 3. The van der Waals surface area contributed by atoms with Crippen molar-refractivity contribution in [2.24, 2.45) is 5.92 Å². The summed E-state index contributed by atoms with van der Waals surface area (Å²) in [6.07, 6.45) is 8.19. The standard InChI is InChI=1S/C33H45N9O/c1-4-28-33(36-20-22-18-24(19-22)37-29(43)5-2)39-30-27(21-35-32(34)31(30)38-28)23-6-8-25(9-7-23)41-12-10-26(11-13-41)42-16-14-40(3)15-17-42/h5-9,21-22,24,26H,2,4,10-20H2,1,3H3,(H2,34,35)(H,36,39)(H,37,43). The van der Waals surface area contributed by atoms with Gasteiger partial charge in [-0.25, -0.2) is 15.0 Å². The number of nitrogens with zero attached hydrogens (tertiary/aromatic N) is 6. The van der Waals surface area contributed by atoms with Gasteiger partial charge in [-0.15, -0.1) is 0 Å². The first-order chi connectivity index (χ1) is 20.9. The molecule has 43 heavy (non-hydrogen) atoms. The minimum Gasteiger partial charge on any atom is -0.382 e. The minimum absolute atomic E-state index is 0.109. The van der Waals surface area contributed by atoms with Gasteiger partial charge < -0.3 is 26.2 Å². The highest BCUT2D eigenvalue weighted by atomic mass is 16.1. The van der Waals surface area contributed by atoms with Crippen molar-refractivity contribution in [2.75, 3.05) is 68.8 Å². The van der Waals surface area contributed by atoms with Gasteiger partial charge in [0.15, 0.2) is 5.82 Å². The summed E-state index contributed by atoms with van der Waals surface area (Å²) in [7, 11) is 2.22. The lowest BCUT2D eigenvalue weighted by Crippen LogP contribution is -2.52. The first-order valence-corrected chi connectivity index (χ1v) is 15.8. The van der Waals surface area contributed by atoms with E-state index in [1.165, 1.54) is 50.8 Å². The number of hydrogen-bond acceptors (Lipinski definition) is 9. The highest BCUT2D eigenvalue weighted by molar-refractivity contribution is 5.97. The van der Waals surface area contributed by atoms with Crippen molar-refractivity contribution in [1.29, 1.82) is 0 Å². The summed E-state index contributed by atoms with van der Waals surface area (Å²) in [6, 6.07) is 9.70. The van der Waals surface area contributed by atoms with E-state index in [4.69, 9.17) is 15.7 Å². The van der Waals surface area contributed by atoms with Crippen LogP contribution in [0.2, 0.25) is 0 Å². The van der Waals surface area contributed by atoms with E-state index in [-0.39, 0.29) is 11.9 Å². The maximum Gasteiger partial charge on any atom is 0.243 e. The Kier molecular flexibility index (Phi) is 8.76. The predicted octanol–water partition coefficient (Wildman–Crippen LogP) is 3.55. The summed E-state index contributed by atoms with van der Waals surface area (Å²) in [6.45, 7) is 13.3. The fourth-order valence-electron chi connectivity index (χ4n) is 6.74. The Morgan fingerprint density at radius 1 is 1.05 bits per heavy atom. The summed E-state index contributed by atoms with van der Waals surface area (Å²) < 4.78 is 0. The molecule has 0 atom stereocenters. The molecule has 2 aromatic heterocycles. The van der Waals surface area contributed by atoms with E-state index >= 15 is 0 Å². The van der Waals surface area contributed by atoms with E-state index in [1.54, 1.807) is 0 Å². The topological polar surface area (TPSA) is 116 Å². The number of amides is 1. The van der Waals surface area contributed by atoms with Crippen LogP contribution in [0.1, 0.15) is 38.3 Å². The van der Waals surface area contributed by atoms with Gasteiger partial charge in [-0.2, -0.15) is 0 Å². The van der Waals surface area contributed by atoms with Crippen molar-refractivity contribution in [2.45, 2.75) is 51.1 Å². The number of rotatable bonds is 9. The van der Waals surface area contributed by atoms with E-state index in [1.807, 2.05) is 6.20 Å². The Hall–Kier alpha value is -3.76. The monoisotopic (exact) mass is 583 g/mol. The van der Waals surface area contributed by atoms with Crippen LogP contribution in [-0.2, 0) is 11.2 Å². The van der Waals surface area contributed by atoms with Crippen LogP contribution in [0, 0.1) is 5.92 Å². The third kappa shape index (κ3) is 6.45. The summed E-state index contributed by atoms with van der Waals surface area (Å²) in [4.78, 5) is 33.7. The Bertz CT molecular complexity index is 1440. The summed E-state index contributed by atoms with van der Waals surface area (Å²) in [5.41, 5.74) is 11.8. The van der Waals surface area contributed by atoms with Gasteiger partial charge in [-0.1, -0.05) is 25.6 Å². The number of aryl methyl sites for hydroxylation is 1. The number of nitrogens with two attached hydrogens (primary N) is 1. The van der Waals surface area contributed by atoms with Gasteiger partial charge in [0.25, 0.3) is 0 Å². The molecule has 228 valence electrons. The van der Waals surface area contributed by atoms with E-state index in [0.717, 1.165) is 67.1 Å². The number of fused-ring (bicyclic) bond motifs is 1. The van der Waals surface area contributed by atoms with Crippen LogP contribution in [0.3, 0.4) is 0 Å². The van der Waals surface area contributed by atoms with Crippen LogP contribution < -0.4 is 21.3 Å². The molecule has 1 aliphatic carbocycles. The molecule has 1 aromatic carbocycles. The van der Waals surface area contributed by atoms with Gasteiger partial charge in [0.2, 0.25) is 5.91 Å². The molecule has 1 saturated carbocycles. The molecule has 3 aromatic rings. The number of pyridine rings is 1. The number of nitrogen functional groups attached to an aromatic ring is 1. The van der Waals surface area contributed by atoms with Gasteiger partial charge in [-0.3, -0.25) is 9.69 Å². The van der Waals surface area contributed by atoms with Gasteiger partial charge >= 0.3 is 0 Å². The second kappa shape index (κ2) is 12.9. The van der Waals surface area contributed by atoms with E-state index in [0.29, 0.717) is 23.3 Å². The summed E-state index contributed by atoms with van der Waals surface area (Å²) in [5.74, 6) is 1.55. The highest BCUT2D eigenvalue weighted by Gasteiger charge is 2.30. The number of benzene rings is 1. The van der Waals surface area contributed by atoms with Crippen LogP contribution in [0.5, 0.6) is 0 Å². The second-order valence-corrected chi connectivity index (χ2v) is 12.4.